The molecule has 1 aromatic carbocycles. The number of carbonyl (C=O) groups excluding carboxylic acids is 2. The molecule has 0 bridgehead atoms. The van der Waals surface area contributed by atoms with Gasteiger partial charge in [-0.25, -0.2) is 0 Å². The molecule has 0 heterocycles. The van der Waals surface area contributed by atoms with Gasteiger partial charge in [-0.05, 0) is 17.7 Å². The minimum atomic E-state index is -0.544. The summed E-state index contributed by atoms with van der Waals surface area (Å²) in [6.07, 6.45) is 0. The highest BCUT2D eigenvalue weighted by Crippen LogP contribution is 2.26. The minimum absolute atomic E-state index is 0.428. The third kappa shape index (κ3) is 2.75. The van der Waals surface area contributed by atoms with Crippen molar-refractivity contribution < 1.29 is 9.59 Å². The summed E-state index contributed by atoms with van der Waals surface area (Å²) in [4.78, 5) is 21.7. The van der Waals surface area contributed by atoms with Gasteiger partial charge in [-0.2, -0.15) is 0 Å². The molecule has 0 amide bonds. The van der Waals surface area contributed by atoms with Crippen LogP contribution in [0.25, 0.3) is 0 Å². The maximum Gasteiger partial charge on any atom is 0.216 e. The maximum absolute atomic E-state index is 11.3. The zero-order chi connectivity index (χ0) is 10.7. The molecule has 0 aliphatic carbocycles. The van der Waals surface area contributed by atoms with E-state index in [1.165, 1.54) is 6.92 Å². The van der Waals surface area contributed by atoms with Crippen LogP contribution in [0.1, 0.15) is 17.3 Å². The molecule has 2 nitrogen and oxygen atoms in total. The molecule has 0 aliphatic heterocycles. The van der Waals surface area contributed by atoms with Crippen molar-refractivity contribution >= 4 is 43.4 Å². The fraction of sp³-hybridized carbons (Fsp3) is 0.200. The van der Waals surface area contributed by atoms with Gasteiger partial charge in [-0.3, -0.25) is 9.59 Å². The van der Waals surface area contributed by atoms with Gasteiger partial charge < -0.3 is 0 Å². The van der Waals surface area contributed by atoms with E-state index in [2.05, 4.69) is 31.9 Å². The van der Waals surface area contributed by atoms with Crippen LogP contribution in [-0.4, -0.2) is 11.6 Å². The summed E-state index contributed by atoms with van der Waals surface area (Å²) in [5.74, 6) is -0.866. The van der Waals surface area contributed by atoms with Crippen molar-refractivity contribution in [2.24, 2.45) is 0 Å². The first-order valence-electron chi connectivity index (χ1n) is 3.96. The highest BCUT2D eigenvalue weighted by molar-refractivity contribution is 9.10. The lowest BCUT2D eigenvalue weighted by Crippen LogP contribution is -2.15. The Balaban J connectivity index is 2.95. The third-order valence-corrected chi connectivity index (χ3v) is 3.16. The molecule has 14 heavy (non-hydrogen) atoms. The molecule has 0 aromatic heterocycles. The average Bonchev–Trinajstić information content (AvgIpc) is 2.15. The highest BCUT2D eigenvalue weighted by atomic mass is 79.9. The number of hydrogen-bond donors (Lipinski definition) is 0. The highest BCUT2D eigenvalue weighted by Gasteiger charge is 2.20. The topological polar surface area (TPSA) is 34.1 Å². The van der Waals surface area contributed by atoms with E-state index in [1.54, 1.807) is 12.1 Å². The van der Waals surface area contributed by atoms with Crippen LogP contribution in [0, 0.1) is 0 Å². The van der Waals surface area contributed by atoms with Crippen LogP contribution in [0.2, 0.25) is 0 Å². The predicted molar refractivity (Wildman–Crippen MR) is 61.5 cm³/mol. The lowest BCUT2D eigenvalue weighted by Gasteiger charge is -2.06. The van der Waals surface area contributed by atoms with Crippen molar-refractivity contribution in [1.82, 2.24) is 0 Å². The standard InChI is InChI=1S/C10H8Br2O2/c1-6(13)10(14)9(12)7-3-2-4-8(11)5-7/h2-5,9H,1H3. The largest absolute Gasteiger partial charge is 0.291 e. The van der Waals surface area contributed by atoms with Crippen LogP contribution in [-0.2, 0) is 9.59 Å². The quantitative estimate of drug-likeness (QED) is 0.634. The van der Waals surface area contributed by atoms with E-state index >= 15 is 0 Å². The summed E-state index contributed by atoms with van der Waals surface area (Å²) in [7, 11) is 0. The van der Waals surface area contributed by atoms with Crippen LogP contribution in [0.5, 0.6) is 0 Å². The number of rotatable bonds is 3. The Bertz CT molecular complexity index is 374. The third-order valence-electron chi connectivity index (χ3n) is 1.72. The van der Waals surface area contributed by atoms with Crippen LogP contribution in [0.4, 0.5) is 0 Å². The molecule has 1 atom stereocenters. The molecule has 0 saturated carbocycles. The first kappa shape index (κ1) is 11.6. The second-order valence-corrected chi connectivity index (χ2v) is 4.67. The van der Waals surface area contributed by atoms with Gasteiger partial charge >= 0.3 is 0 Å². The van der Waals surface area contributed by atoms with Gasteiger partial charge in [0, 0.05) is 11.4 Å². The first-order chi connectivity index (χ1) is 6.52. The van der Waals surface area contributed by atoms with E-state index in [0.29, 0.717) is 0 Å². The van der Waals surface area contributed by atoms with Gasteiger partial charge in [0.05, 0.1) is 0 Å². The smallest absolute Gasteiger partial charge is 0.216 e. The predicted octanol–water partition coefficient (Wildman–Crippen LogP) is 3.04. The molecule has 0 aliphatic rings. The van der Waals surface area contributed by atoms with Gasteiger partial charge in [-0.15, -0.1) is 0 Å². The number of hydrogen-bond acceptors (Lipinski definition) is 2. The van der Waals surface area contributed by atoms with Gasteiger partial charge in [-0.1, -0.05) is 44.0 Å². The normalized spacial score (nSPS) is 12.2. The first-order valence-corrected chi connectivity index (χ1v) is 5.67. The lowest BCUT2D eigenvalue weighted by molar-refractivity contribution is -0.135. The molecular formula is C10H8Br2O2. The summed E-state index contributed by atoms with van der Waals surface area (Å²) >= 11 is 6.49. The summed E-state index contributed by atoms with van der Waals surface area (Å²) in [6, 6.07) is 7.29. The van der Waals surface area contributed by atoms with Gasteiger partial charge in [0.2, 0.25) is 5.78 Å². The average molecular weight is 320 g/mol. The van der Waals surface area contributed by atoms with Crippen LogP contribution in [0.3, 0.4) is 0 Å². The van der Waals surface area contributed by atoms with E-state index in [1.807, 2.05) is 12.1 Å². The van der Waals surface area contributed by atoms with E-state index in [4.69, 9.17) is 0 Å². The SMILES string of the molecule is CC(=O)C(=O)C(Br)c1cccc(Br)c1. The van der Waals surface area contributed by atoms with Crippen LogP contribution in [0.15, 0.2) is 28.7 Å². The number of benzene rings is 1. The second kappa shape index (κ2) is 4.84. The molecule has 0 N–H and O–H groups in total. The van der Waals surface area contributed by atoms with E-state index in [-0.39, 0.29) is 0 Å². The maximum atomic E-state index is 11.3. The van der Waals surface area contributed by atoms with E-state index in [0.717, 1.165) is 10.0 Å². The number of alkyl halides is 1. The summed E-state index contributed by atoms with van der Waals surface area (Å²) in [5.41, 5.74) is 0.777. The molecule has 4 heteroatoms. The number of carbonyl (C=O) groups is 2. The van der Waals surface area contributed by atoms with Gasteiger partial charge in [0.25, 0.3) is 0 Å². The minimum Gasteiger partial charge on any atom is -0.291 e. The van der Waals surface area contributed by atoms with Gasteiger partial charge in [0.1, 0.15) is 4.83 Å². The Morgan fingerprint density at radius 1 is 1.36 bits per heavy atom. The Kier molecular flexibility index (Phi) is 4.01. The molecular weight excluding hydrogens is 312 g/mol. The molecule has 0 saturated heterocycles. The number of ketones is 2. The Morgan fingerprint density at radius 3 is 2.50 bits per heavy atom. The second-order valence-electron chi connectivity index (χ2n) is 2.84. The van der Waals surface area contributed by atoms with Gasteiger partial charge in [0.15, 0.2) is 5.78 Å². The fourth-order valence-corrected chi connectivity index (χ4v) is 2.02. The van der Waals surface area contributed by atoms with Crippen molar-refractivity contribution in [3.05, 3.63) is 34.3 Å². The molecule has 0 fully saturated rings. The lowest BCUT2D eigenvalue weighted by atomic mass is 10.1. The molecule has 1 aromatic rings. The molecule has 1 rings (SSSR count). The number of Topliss-reactive ketones (excluding diaryl/α,β-unsaturated/α-hetero) is 2. The summed E-state index contributed by atoms with van der Waals surface area (Å²) < 4.78 is 0.885. The van der Waals surface area contributed by atoms with Crippen molar-refractivity contribution in [2.75, 3.05) is 0 Å². The monoisotopic (exact) mass is 318 g/mol. The zero-order valence-corrected chi connectivity index (χ0v) is 10.6. The Morgan fingerprint density at radius 2 is 2.00 bits per heavy atom. The van der Waals surface area contributed by atoms with E-state index < -0.39 is 16.4 Å². The zero-order valence-electron chi connectivity index (χ0n) is 7.46. The van der Waals surface area contributed by atoms with Crippen molar-refractivity contribution in [3.63, 3.8) is 0 Å². The molecule has 1 unspecified atom stereocenters. The summed E-state index contributed by atoms with van der Waals surface area (Å²) in [5, 5.41) is 0. The molecule has 74 valence electrons. The Hall–Kier alpha value is -0.480. The van der Waals surface area contributed by atoms with Crippen molar-refractivity contribution in [3.8, 4) is 0 Å². The van der Waals surface area contributed by atoms with E-state index in [9.17, 15) is 9.59 Å². The molecule has 0 radical (unpaired) electrons. The number of halogens is 2. The molecule has 0 spiro atoms. The van der Waals surface area contributed by atoms with Crippen LogP contribution >= 0.6 is 31.9 Å². The summed E-state index contributed by atoms with van der Waals surface area (Å²) in [6.45, 7) is 1.27. The van der Waals surface area contributed by atoms with Crippen molar-refractivity contribution in [2.45, 2.75) is 11.8 Å². The fourth-order valence-electron chi connectivity index (χ4n) is 0.994. The van der Waals surface area contributed by atoms with Crippen LogP contribution < -0.4 is 0 Å². The Labute approximate surface area is 98.9 Å². The van der Waals surface area contributed by atoms with Crippen molar-refractivity contribution in [1.29, 1.82) is 0 Å².